The van der Waals surface area contributed by atoms with Crippen LogP contribution in [0.1, 0.15) is 18.2 Å². The molecule has 0 bridgehead atoms. The van der Waals surface area contributed by atoms with Crippen LogP contribution in [-0.2, 0) is 6.42 Å². The number of H-pyrrole nitrogens is 1. The van der Waals surface area contributed by atoms with Crippen molar-refractivity contribution in [1.82, 2.24) is 15.2 Å². The van der Waals surface area contributed by atoms with E-state index >= 15 is 0 Å². The molecule has 0 aliphatic rings. The van der Waals surface area contributed by atoms with E-state index in [4.69, 9.17) is 0 Å². The molecule has 0 unspecified atom stereocenters. The second kappa shape index (κ2) is 4.78. The zero-order valence-electron chi connectivity index (χ0n) is 9.82. The maximum atomic E-state index is 11.1. The van der Waals surface area contributed by atoms with Crippen LogP contribution in [0, 0.1) is 6.92 Å². The Morgan fingerprint density at radius 3 is 2.65 bits per heavy atom. The highest BCUT2D eigenvalue weighted by Gasteiger charge is 2.02. The minimum Gasteiger partial charge on any atom is -0.338 e. The Kier molecular flexibility index (Phi) is 3.18. The van der Waals surface area contributed by atoms with E-state index in [-0.39, 0.29) is 0 Å². The number of rotatable bonds is 3. The average molecular weight is 230 g/mol. The van der Waals surface area contributed by atoms with E-state index in [0.717, 1.165) is 12.1 Å². The Morgan fingerprint density at radius 2 is 2.00 bits per heavy atom. The van der Waals surface area contributed by atoms with E-state index in [0.29, 0.717) is 11.5 Å². The summed E-state index contributed by atoms with van der Waals surface area (Å²) in [6.45, 7) is 3.89. The zero-order valence-corrected chi connectivity index (χ0v) is 9.82. The summed E-state index contributed by atoms with van der Waals surface area (Å²) in [4.78, 5) is 14.9. The fraction of sp³-hybridized carbons (Fsp3) is 0.250. The maximum absolute atomic E-state index is 11.1. The van der Waals surface area contributed by atoms with Crippen LogP contribution in [-0.4, -0.2) is 15.2 Å². The van der Waals surface area contributed by atoms with Gasteiger partial charge in [-0.25, -0.2) is 9.89 Å². The zero-order chi connectivity index (χ0) is 12.3. The molecule has 5 heteroatoms. The molecule has 0 spiro atoms. The molecule has 17 heavy (non-hydrogen) atoms. The second-order valence-electron chi connectivity index (χ2n) is 3.75. The van der Waals surface area contributed by atoms with Gasteiger partial charge < -0.3 is 5.32 Å². The molecule has 2 aromatic rings. The van der Waals surface area contributed by atoms with Gasteiger partial charge in [0.1, 0.15) is 5.69 Å². The summed E-state index contributed by atoms with van der Waals surface area (Å²) in [6, 6.07) is 8.00. The lowest BCUT2D eigenvalue weighted by atomic mass is 10.1. The lowest BCUT2D eigenvalue weighted by Gasteiger charge is -2.07. The summed E-state index contributed by atoms with van der Waals surface area (Å²) in [7, 11) is 0. The smallest absolute Gasteiger partial charge is 0.338 e. The number of benzene rings is 1. The molecule has 1 heterocycles. The van der Waals surface area contributed by atoms with Crippen LogP contribution in [0.5, 0.6) is 0 Å². The van der Waals surface area contributed by atoms with Crippen molar-refractivity contribution in [1.29, 1.82) is 0 Å². The maximum Gasteiger partial charge on any atom is 0.363 e. The summed E-state index contributed by atoms with van der Waals surface area (Å²) in [6.07, 6.45) is 1.00. The van der Waals surface area contributed by atoms with Crippen molar-refractivity contribution in [3.05, 3.63) is 46.0 Å². The number of nitrogens with zero attached hydrogens (tertiary/aromatic N) is 2. The molecule has 0 amide bonds. The van der Waals surface area contributed by atoms with Gasteiger partial charge in [0.15, 0.2) is 5.82 Å². The fourth-order valence-corrected chi connectivity index (χ4v) is 1.47. The molecule has 88 valence electrons. The van der Waals surface area contributed by atoms with Crippen LogP contribution in [0.4, 0.5) is 11.5 Å². The van der Waals surface area contributed by atoms with E-state index in [1.807, 2.05) is 24.3 Å². The van der Waals surface area contributed by atoms with E-state index in [9.17, 15) is 4.79 Å². The first-order chi connectivity index (χ1) is 8.19. The van der Waals surface area contributed by atoms with Gasteiger partial charge in [0.05, 0.1) is 0 Å². The summed E-state index contributed by atoms with van der Waals surface area (Å²) in [5.74, 6) is 0.484. The van der Waals surface area contributed by atoms with Gasteiger partial charge in [-0.3, -0.25) is 0 Å². The Balaban J connectivity index is 2.24. The highest BCUT2D eigenvalue weighted by molar-refractivity contribution is 5.57. The third kappa shape index (κ3) is 2.69. The number of hydrogen-bond acceptors (Lipinski definition) is 4. The highest BCUT2D eigenvalue weighted by atomic mass is 16.1. The number of aromatic nitrogens is 3. The van der Waals surface area contributed by atoms with Crippen LogP contribution in [0.3, 0.4) is 0 Å². The third-order valence-electron chi connectivity index (χ3n) is 2.50. The Bertz CT molecular complexity index is 559. The van der Waals surface area contributed by atoms with Crippen LogP contribution >= 0.6 is 0 Å². The first kappa shape index (κ1) is 11.3. The lowest BCUT2D eigenvalue weighted by Crippen LogP contribution is -2.15. The van der Waals surface area contributed by atoms with Gasteiger partial charge in [0.25, 0.3) is 0 Å². The molecule has 0 aliphatic carbocycles. The number of hydrogen-bond donors (Lipinski definition) is 2. The van der Waals surface area contributed by atoms with Crippen molar-refractivity contribution in [2.75, 3.05) is 5.32 Å². The second-order valence-corrected chi connectivity index (χ2v) is 3.75. The number of aromatic amines is 1. The van der Waals surface area contributed by atoms with Crippen molar-refractivity contribution in [3.63, 3.8) is 0 Å². The van der Waals surface area contributed by atoms with Gasteiger partial charge >= 0.3 is 5.69 Å². The van der Waals surface area contributed by atoms with Gasteiger partial charge in [0, 0.05) is 5.69 Å². The van der Waals surface area contributed by atoms with E-state index in [1.54, 1.807) is 6.92 Å². The van der Waals surface area contributed by atoms with Crippen LogP contribution in [0.15, 0.2) is 29.1 Å². The molecule has 5 nitrogen and oxygen atoms in total. The largest absolute Gasteiger partial charge is 0.363 e. The molecule has 2 N–H and O–H groups in total. The molecule has 0 saturated carbocycles. The van der Waals surface area contributed by atoms with E-state index in [2.05, 4.69) is 27.4 Å². The molecule has 2 rings (SSSR count). The monoisotopic (exact) mass is 230 g/mol. The third-order valence-corrected chi connectivity index (χ3v) is 2.50. The summed E-state index contributed by atoms with van der Waals surface area (Å²) in [5, 5.41) is 9.20. The quantitative estimate of drug-likeness (QED) is 0.843. The molecule has 1 aromatic carbocycles. The van der Waals surface area contributed by atoms with Crippen molar-refractivity contribution >= 4 is 11.5 Å². The number of nitrogens with one attached hydrogen (secondary N) is 2. The number of aryl methyl sites for hydroxylation is 2. The van der Waals surface area contributed by atoms with Gasteiger partial charge in [-0.2, -0.15) is 10.1 Å². The SMILES string of the molecule is CCc1ccc(Nc2nc(=O)[nH]nc2C)cc1. The summed E-state index contributed by atoms with van der Waals surface area (Å²) in [5.41, 5.74) is 2.36. The Hall–Kier alpha value is -2.17. The van der Waals surface area contributed by atoms with Gasteiger partial charge in [-0.1, -0.05) is 19.1 Å². The predicted octanol–water partition coefficient (Wildman–Crippen LogP) is 1.78. The first-order valence-electron chi connectivity index (χ1n) is 5.48. The van der Waals surface area contributed by atoms with Crippen LogP contribution in [0.2, 0.25) is 0 Å². The molecule has 0 fully saturated rings. The van der Waals surface area contributed by atoms with Crippen molar-refractivity contribution in [2.24, 2.45) is 0 Å². The molecular weight excluding hydrogens is 216 g/mol. The predicted molar refractivity (Wildman–Crippen MR) is 66.5 cm³/mol. The lowest BCUT2D eigenvalue weighted by molar-refractivity contribution is 0.885. The average Bonchev–Trinajstić information content (AvgIpc) is 2.35. The highest BCUT2D eigenvalue weighted by Crippen LogP contribution is 2.15. The first-order valence-corrected chi connectivity index (χ1v) is 5.48. The van der Waals surface area contributed by atoms with Crippen molar-refractivity contribution < 1.29 is 0 Å². The minimum absolute atomic E-state index is 0.455. The van der Waals surface area contributed by atoms with E-state index in [1.165, 1.54) is 5.56 Å². The molecule has 0 radical (unpaired) electrons. The molecule has 1 aromatic heterocycles. The number of anilines is 2. The Morgan fingerprint density at radius 1 is 1.29 bits per heavy atom. The molecule has 0 aliphatic heterocycles. The van der Waals surface area contributed by atoms with Crippen LogP contribution in [0.25, 0.3) is 0 Å². The molecule has 0 saturated heterocycles. The van der Waals surface area contributed by atoms with Gasteiger partial charge in [-0.05, 0) is 31.0 Å². The fourth-order valence-electron chi connectivity index (χ4n) is 1.47. The molecule has 0 atom stereocenters. The molecular formula is C12H14N4O. The standard InChI is InChI=1S/C12H14N4O/c1-3-9-4-6-10(7-5-9)13-11-8(2)15-16-12(17)14-11/h4-7H,3H2,1-2H3,(H2,13,14,16,17). The summed E-state index contributed by atoms with van der Waals surface area (Å²) < 4.78 is 0. The van der Waals surface area contributed by atoms with Gasteiger partial charge in [0.2, 0.25) is 0 Å². The minimum atomic E-state index is -0.455. The normalized spacial score (nSPS) is 10.2. The van der Waals surface area contributed by atoms with Gasteiger partial charge in [-0.15, -0.1) is 0 Å². The van der Waals surface area contributed by atoms with E-state index < -0.39 is 5.69 Å². The Labute approximate surface area is 98.9 Å². The van der Waals surface area contributed by atoms with Crippen LogP contribution < -0.4 is 11.0 Å². The van der Waals surface area contributed by atoms with Crippen molar-refractivity contribution in [3.8, 4) is 0 Å². The van der Waals surface area contributed by atoms with Crippen molar-refractivity contribution in [2.45, 2.75) is 20.3 Å². The summed E-state index contributed by atoms with van der Waals surface area (Å²) >= 11 is 0. The topological polar surface area (TPSA) is 70.7 Å².